The number of ether oxygens (including phenoxy) is 2. The first kappa shape index (κ1) is 10.9. The van der Waals surface area contributed by atoms with Gasteiger partial charge in [0, 0.05) is 24.8 Å². The highest BCUT2D eigenvalue weighted by molar-refractivity contribution is 5.79. The van der Waals surface area contributed by atoms with Gasteiger partial charge in [0.1, 0.15) is 12.4 Å². The highest BCUT2D eigenvalue weighted by atomic mass is 16.5. The van der Waals surface area contributed by atoms with Crippen molar-refractivity contribution in [1.29, 1.82) is 0 Å². The number of fused-ring (bicyclic) bond motifs is 1. The summed E-state index contributed by atoms with van der Waals surface area (Å²) in [6.45, 7) is 2.52. The smallest absolute Gasteiger partial charge is 0.121 e. The summed E-state index contributed by atoms with van der Waals surface area (Å²) < 4.78 is 10.7. The predicted octanol–water partition coefficient (Wildman–Crippen LogP) is 2.65. The maximum atomic E-state index is 5.60. The molecular formula is C13H15NO2. The monoisotopic (exact) mass is 217 g/mol. The Balaban J connectivity index is 2.13. The van der Waals surface area contributed by atoms with Crippen LogP contribution in [0.25, 0.3) is 10.9 Å². The number of rotatable bonds is 4. The molecule has 0 saturated carbocycles. The summed E-state index contributed by atoms with van der Waals surface area (Å²) >= 11 is 0. The number of benzene rings is 1. The van der Waals surface area contributed by atoms with E-state index < -0.39 is 0 Å². The Labute approximate surface area is 95.0 Å². The van der Waals surface area contributed by atoms with Crippen LogP contribution in [0.2, 0.25) is 0 Å². The van der Waals surface area contributed by atoms with E-state index in [1.807, 2.05) is 37.3 Å². The van der Waals surface area contributed by atoms with Crippen LogP contribution in [0, 0.1) is 0 Å². The molecule has 2 rings (SSSR count). The fraction of sp³-hybridized carbons (Fsp3) is 0.308. The second kappa shape index (κ2) is 4.94. The average molecular weight is 217 g/mol. The van der Waals surface area contributed by atoms with E-state index >= 15 is 0 Å². The topological polar surface area (TPSA) is 31.4 Å². The summed E-state index contributed by atoms with van der Waals surface area (Å²) in [4.78, 5) is 4.28. The molecule has 3 nitrogen and oxygen atoms in total. The van der Waals surface area contributed by atoms with Crippen molar-refractivity contribution in [2.75, 3.05) is 13.7 Å². The standard InChI is InChI=1S/C13H15NO2/c1-10(15-2)9-16-12-6-5-11-4-3-7-14-13(11)8-12/h3-8,10H,9H2,1-2H3/t10-/m1/s1. The second-order valence-corrected chi connectivity index (χ2v) is 3.72. The zero-order chi connectivity index (χ0) is 11.4. The predicted molar refractivity (Wildman–Crippen MR) is 63.7 cm³/mol. The molecule has 84 valence electrons. The molecule has 0 aliphatic rings. The molecule has 0 saturated heterocycles. The highest BCUT2D eigenvalue weighted by Crippen LogP contribution is 2.18. The first-order valence-corrected chi connectivity index (χ1v) is 5.30. The quantitative estimate of drug-likeness (QED) is 0.789. The molecule has 0 fully saturated rings. The molecule has 16 heavy (non-hydrogen) atoms. The van der Waals surface area contributed by atoms with E-state index in [1.165, 1.54) is 0 Å². The largest absolute Gasteiger partial charge is 0.491 e. The molecule has 1 atom stereocenters. The number of nitrogens with zero attached hydrogens (tertiary/aromatic N) is 1. The Hall–Kier alpha value is -1.61. The fourth-order valence-electron chi connectivity index (χ4n) is 1.42. The summed E-state index contributed by atoms with van der Waals surface area (Å²) in [5.41, 5.74) is 0.949. The summed E-state index contributed by atoms with van der Waals surface area (Å²) in [6, 6.07) is 9.86. The van der Waals surface area contributed by atoms with Crippen molar-refractivity contribution in [3.63, 3.8) is 0 Å². The van der Waals surface area contributed by atoms with Gasteiger partial charge in [0.15, 0.2) is 0 Å². The van der Waals surface area contributed by atoms with Gasteiger partial charge in [-0.3, -0.25) is 4.98 Å². The first-order chi connectivity index (χ1) is 7.79. The van der Waals surface area contributed by atoms with Crippen LogP contribution in [0.4, 0.5) is 0 Å². The van der Waals surface area contributed by atoms with E-state index in [9.17, 15) is 0 Å². The molecule has 0 radical (unpaired) electrons. The van der Waals surface area contributed by atoms with Gasteiger partial charge in [-0.05, 0) is 25.1 Å². The maximum Gasteiger partial charge on any atom is 0.121 e. The SMILES string of the molecule is CO[C@H](C)COc1ccc2cccnc2c1. The number of aromatic nitrogens is 1. The molecule has 0 spiro atoms. The van der Waals surface area contributed by atoms with Gasteiger partial charge in [0.05, 0.1) is 11.6 Å². The van der Waals surface area contributed by atoms with Crippen LogP contribution in [0.5, 0.6) is 5.75 Å². The Morgan fingerprint density at radius 3 is 3.00 bits per heavy atom. The lowest BCUT2D eigenvalue weighted by Gasteiger charge is -2.11. The van der Waals surface area contributed by atoms with Crippen LogP contribution >= 0.6 is 0 Å². The van der Waals surface area contributed by atoms with Crippen LogP contribution in [-0.2, 0) is 4.74 Å². The minimum atomic E-state index is 0.0967. The van der Waals surface area contributed by atoms with E-state index in [1.54, 1.807) is 13.3 Å². The Kier molecular flexibility index (Phi) is 3.37. The van der Waals surface area contributed by atoms with Crippen molar-refractivity contribution in [2.24, 2.45) is 0 Å². The molecule has 2 aromatic rings. The van der Waals surface area contributed by atoms with Crippen molar-refractivity contribution < 1.29 is 9.47 Å². The van der Waals surface area contributed by atoms with Gasteiger partial charge in [-0.2, -0.15) is 0 Å². The molecule has 0 unspecified atom stereocenters. The zero-order valence-corrected chi connectivity index (χ0v) is 9.51. The number of hydrogen-bond donors (Lipinski definition) is 0. The minimum Gasteiger partial charge on any atom is -0.491 e. The van der Waals surface area contributed by atoms with Crippen LogP contribution in [0.3, 0.4) is 0 Å². The van der Waals surface area contributed by atoms with Crippen molar-refractivity contribution in [3.8, 4) is 5.75 Å². The van der Waals surface area contributed by atoms with Crippen molar-refractivity contribution in [1.82, 2.24) is 4.98 Å². The van der Waals surface area contributed by atoms with Crippen LogP contribution < -0.4 is 4.74 Å². The molecule has 3 heteroatoms. The van der Waals surface area contributed by atoms with Gasteiger partial charge in [0.2, 0.25) is 0 Å². The molecule has 0 amide bonds. The van der Waals surface area contributed by atoms with Crippen molar-refractivity contribution >= 4 is 10.9 Å². The van der Waals surface area contributed by atoms with Crippen molar-refractivity contribution in [3.05, 3.63) is 36.5 Å². The van der Waals surface area contributed by atoms with Gasteiger partial charge in [-0.15, -0.1) is 0 Å². The number of methoxy groups -OCH3 is 1. The van der Waals surface area contributed by atoms with E-state index in [0.717, 1.165) is 16.7 Å². The number of hydrogen-bond acceptors (Lipinski definition) is 3. The first-order valence-electron chi connectivity index (χ1n) is 5.30. The normalized spacial score (nSPS) is 12.6. The molecule has 0 aliphatic heterocycles. The van der Waals surface area contributed by atoms with E-state index in [-0.39, 0.29) is 6.10 Å². The Morgan fingerprint density at radius 1 is 1.31 bits per heavy atom. The molecule has 1 aromatic heterocycles. The summed E-state index contributed by atoms with van der Waals surface area (Å²) in [5, 5.41) is 1.12. The lowest BCUT2D eigenvalue weighted by Crippen LogP contribution is -2.15. The highest BCUT2D eigenvalue weighted by Gasteiger charge is 2.02. The third-order valence-electron chi connectivity index (χ3n) is 2.46. The van der Waals surface area contributed by atoms with E-state index in [4.69, 9.17) is 9.47 Å². The van der Waals surface area contributed by atoms with E-state index in [2.05, 4.69) is 4.98 Å². The third-order valence-corrected chi connectivity index (χ3v) is 2.46. The Morgan fingerprint density at radius 2 is 2.19 bits per heavy atom. The fourth-order valence-corrected chi connectivity index (χ4v) is 1.42. The molecule has 0 bridgehead atoms. The molecule has 0 aliphatic carbocycles. The van der Waals surface area contributed by atoms with Crippen molar-refractivity contribution in [2.45, 2.75) is 13.0 Å². The van der Waals surface area contributed by atoms with Gasteiger partial charge in [-0.1, -0.05) is 6.07 Å². The van der Waals surface area contributed by atoms with Crippen LogP contribution in [0.15, 0.2) is 36.5 Å². The summed E-state index contributed by atoms with van der Waals surface area (Å²) in [5.74, 6) is 0.829. The molecule has 1 heterocycles. The lowest BCUT2D eigenvalue weighted by molar-refractivity contribution is 0.0717. The molecule has 1 aromatic carbocycles. The average Bonchev–Trinajstić information content (AvgIpc) is 2.35. The van der Waals surface area contributed by atoms with Gasteiger partial charge < -0.3 is 9.47 Å². The van der Waals surface area contributed by atoms with Gasteiger partial charge in [-0.25, -0.2) is 0 Å². The lowest BCUT2D eigenvalue weighted by atomic mass is 10.2. The van der Waals surface area contributed by atoms with Crippen LogP contribution in [0.1, 0.15) is 6.92 Å². The van der Waals surface area contributed by atoms with Gasteiger partial charge >= 0.3 is 0 Å². The molecular weight excluding hydrogens is 202 g/mol. The number of pyridine rings is 1. The van der Waals surface area contributed by atoms with Crippen LogP contribution in [-0.4, -0.2) is 24.8 Å². The minimum absolute atomic E-state index is 0.0967. The summed E-state index contributed by atoms with van der Waals surface area (Å²) in [7, 11) is 1.68. The van der Waals surface area contributed by atoms with E-state index in [0.29, 0.717) is 6.61 Å². The third kappa shape index (κ3) is 2.49. The molecule has 0 N–H and O–H groups in total. The Bertz CT molecular complexity index is 470. The maximum absolute atomic E-state index is 5.60. The van der Waals surface area contributed by atoms with Gasteiger partial charge in [0.25, 0.3) is 0 Å². The second-order valence-electron chi connectivity index (χ2n) is 3.72. The zero-order valence-electron chi connectivity index (χ0n) is 9.51. The summed E-state index contributed by atoms with van der Waals surface area (Å²) in [6.07, 6.45) is 1.88.